The molecule has 0 spiro atoms. The summed E-state index contributed by atoms with van der Waals surface area (Å²) in [7, 11) is 0. The molecule has 0 heterocycles. The third-order valence-corrected chi connectivity index (χ3v) is 5.86. The van der Waals surface area contributed by atoms with Crippen LogP contribution in [0.25, 0.3) is 0 Å². The normalized spacial score (nSPS) is 11.7. The van der Waals surface area contributed by atoms with E-state index < -0.39 is 0 Å². The SMILES string of the molecule is CCOc1ccc(C(=O)N[C@@H](C)c2ccc(F)cc2)cc1CSc1ccc(Cl)cc1. The van der Waals surface area contributed by atoms with Crippen molar-refractivity contribution in [2.45, 2.75) is 30.5 Å². The molecular weight excluding hydrogens is 421 g/mol. The Hall–Kier alpha value is -2.50. The number of hydrogen-bond acceptors (Lipinski definition) is 3. The third-order valence-electron chi connectivity index (χ3n) is 4.55. The van der Waals surface area contributed by atoms with Crippen LogP contribution in [0, 0.1) is 5.82 Å². The van der Waals surface area contributed by atoms with Gasteiger partial charge in [0.1, 0.15) is 11.6 Å². The number of ether oxygens (including phenoxy) is 1. The largest absolute Gasteiger partial charge is 0.494 e. The number of rotatable bonds is 8. The van der Waals surface area contributed by atoms with Gasteiger partial charge in [-0.15, -0.1) is 11.8 Å². The Kier molecular flexibility index (Phi) is 7.77. The average molecular weight is 444 g/mol. The molecule has 3 nitrogen and oxygen atoms in total. The zero-order chi connectivity index (χ0) is 21.5. The summed E-state index contributed by atoms with van der Waals surface area (Å²) in [6.07, 6.45) is 0. The van der Waals surface area contributed by atoms with E-state index in [2.05, 4.69) is 5.32 Å². The van der Waals surface area contributed by atoms with Crippen LogP contribution in [0.5, 0.6) is 5.75 Å². The van der Waals surface area contributed by atoms with Gasteiger partial charge in [0.25, 0.3) is 5.91 Å². The van der Waals surface area contributed by atoms with Gasteiger partial charge in [-0.3, -0.25) is 4.79 Å². The molecule has 0 unspecified atom stereocenters. The van der Waals surface area contributed by atoms with Crippen molar-refractivity contribution in [2.24, 2.45) is 0 Å². The van der Waals surface area contributed by atoms with Crippen LogP contribution in [0.3, 0.4) is 0 Å². The van der Waals surface area contributed by atoms with Gasteiger partial charge in [0.2, 0.25) is 0 Å². The lowest BCUT2D eigenvalue weighted by molar-refractivity contribution is 0.0939. The first-order valence-electron chi connectivity index (χ1n) is 9.66. The van der Waals surface area contributed by atoms with E-state index in [0.29, 0.717) is 22.9 Å². The van der Waals surface area contributed by atoms with E-state index in [-0.39, 0.29) is 17.8 Å². The molecular formula is C24H23ClFNO2S. The van der Waals surface area contributed by atoms with Crippen LogP contribution in [0.1, 0.15) is 41.4 Å². The van der Waals surface area contributed by atoms with E-state index in [0.717, 1.165) is 21.8 Å². The second-order valence-electron chi connectivity index (χ2n) is 6.74. The van der Waals surface area contributed by atoms with Crippen molar-refractivity contribution in [1.82, 2.24) is 5.32 Å². The monoisotopic (exact) mass is 443 g/mol. The second kappa shape index (κ2) is 10.5. The second-order valence-corrected chi connectivity index (χ2v) is 8.23. The lowest BCUT2D eigenvalue weighted by Gasteiger charge is -2.16. The van der Waals surface area contributed by atoms with Gasteiger partial charge in [-0.25, -0.2) is 4.39 Å². The molecule has 3 aromatic carbocycles. The topological polar surface area (TPSA) is 38.3 Å². The van der Waals surface area contributed by atoms with Gasteiger partial charge in [-0.1, -0.05) is 23.7 Å². The zero-order valence-corrected chi connectivity index (χ0v) is 18.4. The summed E-state index contributed by atoms with van der Waals surface area (Å²) < 4.78 is 18.9. The molecule has 30 heavy (non-hydrogen) atoms. The number of halogens is 2. The summed E-state index contributed by atoms with van der Waals surface area (Å²) in [4.78, 5) is 13.9. The Labute approximate surface area is 185 Å². The average Bonchev–Trinajstić information content (AvgIpc) is 2.74. The highest BCUT2D eigenvalue weighted by atomic mass is 35.5. The van der Waals surface area contributed by atoms with Crippen LogP contribution < -0.4 is 10.1 Å². The Morgan fingerprint density at radius 1 is 1.10 bits per heavy atom. The molecule has 1 N–H and O–H groups in total. The summed E-state index contributed by atoms with van der Waals surface area (Å²) in [6.45, 7) is 4.35. The van der Waals surface area contributed by atoms with E-state index in [1.807, 2.05) is 50.2 Å². The quantitative estimate of drug-likeness (QED) is 0.395. The molecule has 0 aliphatic carbocycles. The Balaban J connectivity index is 1.73. The molecule has 3 rings (SSSR count). The summed E-state index contributed by atoms with van der Waals surface area (Å²) in [5.74, 6) is 0.937. The number of carbonyl (C=O) groups is 1. The maximum absolute atomic E-state index is 13.1. The highest BCUT2D eigenvalue weighted by molar-refractivity contribution is 7.98. The molecule has 0 aromatic heterocycles. The number of carbonyl (C=O) groups excluding carboxylic acids is 1. The van der Waals surface area contributed by atoms with E-state index >= 15 is 0 Å². The predicted octanol–water partition coefficient (Wildman–Crippen LogP) is 6.66. The predicted molar refractivity (Wildman–Crippen MR) is 121 cm³/mol. The number of thioether (sulfide) groups is 1. The molecule has 0 saturated carbocycles. The van der Waals surface area contributed by atoms with Gasteiger partial charge in [0.15, 0.2) is 0 Å². The fourth-order valence-corrected chi connectivity index (χ4v) is 3.94. The summed E-state index contributed by atoms with van der Waals surface area (Å²) in [5, 5.41) is 3.66. The van der Waals surface area contributed by atoms with Crippen molar-refractivity contribution >= 4 is 29.3 Å². The minimum atomic E-state index is -0.299. The highest BCUT2D eigenvalue weighted by Gasteiger charge is 2.14. The smallest absolute Gasteiger partial charge is 0.251 e. The van der Waals surface area contributed by atoms with Crippen LogP contribution in [0.15, 0.2) is 71.6 Å². The van der Waals surface area contributed by atoms with Gasteiger partial charge in [-0.05, 0) is 74.0 Å². The van der Waals surface area contributed by atoms with E-state index in [9.17, 15) is 9.18 Å². The van der Waals surface area contributed by atoms with Crippen LogP contribution in [0.4, 0.5) is 4.39 Å². The van der Waals surface area contributed by atoms with Gasteiger partial charge < -0.3 is 10.1 Å². The maximum atomic E-state index is 13.1. The van der Waals surface area contributed by atoms with Crippen molar-refractivity contribution < 1.29 is 13.9 Å². The Bertz CT molecular complexity index is 993. The van der Waals surface area contributed by atoms with Crippen LogP contribution in [-0.2, 0) is 5.75 Å². The van der Waals surface area contributed by atoms with Crippen molar-refractivity contribution in [1.29, 1.82) is 0 Å². The summed E-state index contributed by atoms with van der Waals surface area (Å²) >= 11 is 7.60. The molecule has 1 amide bonds. The minimum Gasteiger partial charge on any atom is -0.494 e. The molecule has 0 aliphatic rings. The fraction of sp³-hybridized carbons (Fsp3) is 0.208. The molecule has 6 heteroatoms. The molecule has 0 fully saturated rings. The molecule has 0 bridgehead atoms. The third kappa shape index (κ3) is 6.00. The lowest BCUT2D eigenvalue weighted by atomic mass is 10.1. The van der Waals surface area contributed by atoms with Gasteiger partial charge in [0, 0.05) is 26.8 Å². The summed E-state index contributed by atoms with van der Waals surface area (Å²) in [6, 6.07) is 19.0. The van der Waals surface area contributed by atoms with Gasteiger partial charge >= 0.3 is 0 Å². The first-order chi connectivity index (χ1) is 14.5. The first kappa shape index (κ1) is 22.2. The zero-order valence-electron chi connectivity index (χ0n) is 16.8. The number of amides is 1. The van der Waals surface area contributed by atoms with Crippen LogP contribution in [0.2, 0.25) is 5.02 Å². The highest BCUT2D eigenvalue weighted by Crippen LogP contribution is 2.30. The molecule has 3 aromatic rings. The van der Waals surface area contributed by atoms with E-state index in [1.165, 1.54) is 12.1 Å². The molecule has 0 saturated heterocycles. The standard InChI is InChI=1S/C24H23ClFNO2S/c1-3-29-23-13-6-18(14-19(23)15-30-22-11-7-20(25)8-12-22)24(28)27-16(2)17-4-9-21(26)10-5-17/h4-14,16H,3,15H2,1-2H3,(H,27,28)/t16-/m0/s1. The van der Waals surface area contributed by atoms with Crippen molar-refractivity contribution in [3.63, 3.8) is 0 Å². The van der Waals surface area contributed by atoms with Crippen LogP contribution >= 0.6 is 23.4 Å². The molecule has 0 radical (unpaired) electrons. The molecule has 1 atom stereocenters. The van der Waals surface area contributed by atoms with Crippen molar-refractivity contribution in [3.8, 4) is 5.75 Å². The van der Waals surface area contributed by atoms with E-state index in [4.69, 9.17) is 16.3 Å². The fourth-order valence-electron chi connectivity index (χ4n) is 2.94. The minimum absolute atomic E-state index is 0.187. The number of nitrogens with one attached hydrogen (secondary N) is 1. The Morgan fingerprint density at radius 3 is 2.47 bits per heavy atom. The van der Waals surface area contributed by atoms with Crippen molar-refractivity contribution in [2.75, 3.05) is 6.61 Å². The first-order valence-corrected chi connectivity index (χ1v) is 11.0. The van der Waals surface area contributed by atoms with E-state index in [1.54, 1.807) is 30.0 Å². The van der Waals surface area contributed by atoms with Crippen LogP contribution in [-0.4, -0.2) is 12.5 Å². The number of hydrogen-bond donors (Lipinski definition) is 1. The lowest BCUT2D eigenvalue weighted by Crippen LogP contribution is -2.26. The Morgan fingerprint density at radius 2 is 1.80 bits per heavy atom. The summed E-state index contributed by atoms with van der Waals surface area (Å²) in [5.41, 5.74) is 2.34. The van der Waals surface area contributed by atoms with Gasteiger partial charge in [-0.2, -0.15) is 0 Å². The molecule has 156 valence electrons. The maximum Gasteiger partial charge on any atom is 0.251 e. The number of benzene rings is 3. The molecule has 0 aliphatic heterocycles. The van der Waals surface area contributed by atoms with Gasteiger partial charge in [0.05, 0.1) is 12.6 Å². The van der Waals surface area contributed by atoms with Crippen molar-refractivity contribution in [3.05, 3.63) is 94.3 Å².